The summed E-state index contributed by atoms with van der Waals surface area (Å²) in [6, 6.07) is 0. The molecule has 1 aromatic heterocycles. The van der Waals surface area contributed by atoms with Crippen LogP contribution in [0.1, 0.15) is 5.69 Å². The van der Waals surface area contributed by atoms with E-state index in [2.05, 4.69) is 20.1 Å². The summed E-state index contributed by atoms with van der Waals surface area (Å²) in [7, 11) is 1.32. The van der Waals surface area contributed by atoms with Crippen molar-refractivity contribution in [3.8, 4) is 0 Å². The van der Waals surface area contributed by atoms with Crippen molar-refractivity contribution in [2.45, 2.75) is 6.42 Å². The molecule has 61 valence electrons. The Balaban J connectivity index is 0.00000121. The van der Waals surface area contributed by atoms with Gasteiger partial charge in [0.2, 0.25) is 0 Å². The molecule has 2 N–H and O–H groups in total. The second-order valence-corrected chi connectivity index (χ2v) is 2.29. The molecule has 0 aliphatic carbocycles. The molecule has 0 bridgehead atoms. The number of nitrogens with zero attached hydrogens (tertiary/aromatic N) is 1. The minimum atomic E-state index is -0.350. The molecule has 0 unspecified atom stereocenters. The second kappa shape index (κ2) is 5.47. The number of carbonyl (C=O) groups is 1. The number of hydrogen-bond donors (Lipinski definition) is 2. The maximum Gasteiger partial charge on any atom is 0.311 e. The van der Waals surface area contributed by atoms with Gasteiger partial charge in [-0.25, -0.2) is 5.21 Å². The fourth-order valence-corrected chi connectivity index (χ4v) is 0.761. The van der Waals surface area contributed by atoms with Crippen molar-refractivity contribution in [1.29, 1.82) is 0 Å². The Hall–Kier alpha value is -0.170. The predicted octanol–water partition coefficient (Wildman–Crippen LogP) is -0.198. The van der Waals surface area contributed by atoms with Crippen molar-refractivity contribution in [2.24, 2.45) is 0 Å². The molecule has 0 spiro atoms. The Morgan fingerprint density at radius 3 is 2.83 bits per heavy atom. The molecule has 0 aromatic carbocycles. The maximum atomic E-state index is 10.7. The van der Waals surface area contributed by atoms with Gasteiger partial charge in [-0.2, -0.15) is 5.10 Å². The van der Waals surface area contributed by atoms with Crippen molar-refractivity contribution < 1.29 is 9.53 Å². The molecule has 0 atom stereocenters. The SMILES string of the molecule is COC(=O)Cc1n[nH][nH]c1=S.[Na]. The van der Waals surface area contributed by atoms with E-state index in [-0.39, 0.29) is 41.9 Å². The van der Waals surface area contributed by atoms with Crippen LogP contribution in [0.5, 0.6) is 0 Å². The van der Waals surface area contributed by atoms with Crippen LogP contribution < -0.4 is 0 Å². The Labute approximate surface area is 96.2 Å². The van der Waals surface area contributed by atoms with Gasteiger partial charge in [0.05, 0.1) is 13.5 Å². The third-order valence-corrected chi connectivity index (χ3v) is 1.50. The van der Waals surface area contributed by atoms with Crippen LogP contribution in [-0.4, -0.2) is 58.0 Å². The minimum absolute atomic E-state index is 0. The first-order valence-corrected chi connectivity index (χ1v) is 3.33. The van der Waals surface area contributed by atoms with Crippen LogP contribution in [0.2, 0.25) is 0 Å². The zero-order valence-electron chi connectivity index (χ0n) is 6.88. The molecule has 7 heteroatoms. The average Bonchev–Trinajstić information content (AvgIpc) is 2.37. The zero-order valence-corrected chi connectivity index (χ0v) is 9.70. The molecule has 0 fully saturated rings. The quantitative estimate of drug-likeness (QED) is 0.390. The molecule has 1 radical (unpaired) electrons. The van der Waals surface area contributed by atoms with Gasteiger partial charge in [0.25, 0.3) is 0 Å². The molecular weight excluding hydrogens is 189 g/mol. The number of aromatic amines is 2. The Morgan fingerprint density at radius 1 is 1.75 bits per heavy atom. The van der Waals surface area contributed by atoms with E-state index in [1.165, 1.54) is 7.11 Å². The van der Waals surface area contributed by atoms with E-state index in [4.69, 9.17) is 12.2 Å². The summed E-state index contributed by atoms with van der Waals surface area (Å²) in [6.45, 7) is 0. The van der Waals surface area contributed by atoms with E-state index in [0.29, 0.717) is 10.3 Å². The van der Waals surface area contributed by atoms with E-state index in [0.717, 1.165) is 0 Å². The number of methoxy groups -OCH3 is 1. The first-order chi connectivity index (χ1) is 5.24. The number of esters is 1. The molecule has 1 heterocycles. The molecule has 1 rings (SSSR count). The van der Waals surface area contributed by atoms with E-state index in [9.17, 15) is 4.79 Å². The van der Waals surface area contributed by atoms with Crippen LogP contribution in [0.4, 0.5) is 0 Å². The van der Waals surface area contributed by atoms with E-state index >= 15 is 0 Å². The van der Waals surface area contributed by atoms with Crippen molar-refractivity contribution in [3.05, 3.63) is 10.3 Å². The van der Waals surface area contributed by atoms with Crippen LogP contribution in [0.25, 0.3) is 0 Å². The van der Waals surface area contributed by atoms with Crippen molar-refractivity contribution in [3.63, 3.8) is 0 Å². The second-order valence-electron chi connectivity index (χ2n) is 1.88. The van der Waals surface area contributed by atoms with Crippen LogP contribution >= 0.6 is 12.2 Å². The molecule has 0 saturated heterocycles. The third-order valence-electron chi connectivity index (χ3n) is 1.16. The molecule has 1 aromatic rings. The van der Waals surface area contributed by atoms with Crippen LogP contribution in [0.3, 0.4) is 0 Å². The van der Waals surface area contributed by atoms with Gasteiger partial charge in [0.1, 0.15) is 10.3 Å². The van der Waals surface area contributed by atoms with Gasteiger partial charge >= 0.3 is 5.97 Å². The van der Waals surface area contributed by atoms with Crippen molar-refractivity contribution >= 4 is 47.7 Å². The fourth-order valence-electron chi connectivity index (χ4n) is 0.598. The first kappa shape index (κ1) is 11.8. The Morgan fingerprint density at radius 2 is 2.42 bits per heavy atom. The van der Waals surface area contributed by atoms with Gasteiger partial charge in [-0.15, -0.1) is 0 Å². The molecule has 0 aliphatic heterocycles. The number of hydrogen-bond acceptors (Lipinski definition) is 4. The van der Waals surface area contributed by atoms with Gasteiger partial charge in [-0.3, -0.25) is 9.89 Å². The van der Waals surface area contributed by atoms with Crippen LogP contribution in [-0.2, 0) is 16.0 Å². The van der Waals surface area contributed by atoms with E-state index in [1.807, 2.05) is 0 Å². The molecule has 12 heavy (non-hydrogen) atoms. The smallest absolute Gasteiger partial charge is 0.311 e. The Kier molecular flexibility index (Phi) is 5.39. The summed E-state index contributed by atoms with van der Waals surface area (Å²) in [5.74, 6) is -0.350. The van der Waals surface area contributed by atoms with E-state index in [1.54, 1.807) is 0 Å². The fraction of sp³-hybridized carbons (Fsp3) is 0.400. The van der Waals surface area contributed by atoms with Gasteiger partial charge < -0.3 is 4.74 Å². The summed E-state index contributed by atoms with van der Waals surface area (Å²) in [5, 5.41) is 8.73. The van der Waals surface area contributed by atoms with Gasteiger partial charge in [0, 0.05) is 29.6 Å². The topological polar surface area (TPSA) is 70.8 Å². The normalized spacial score (nSPS) is 8.75. The summed E-state index contributed by atoms with van der Waals surface area (Å²) in [5.41, 5.74) is 0.506. The monoisotopic (exact) mass is 196 g/mol. The zero-order chi connectivity index (χ0) is 8.27. The molecule has 0 amide bonds. The van der Waals surface area contributed by atoms with Crippen molar-refractivity contribution in [2.75, 3.05) is 7.11 Å². The number of nitrogens with one attached hydrogen (secondary N) is 2. The standard InChI is InChI=1S/C5H7N3O2S.Na/c1-10-4(9)2-3-5(11)7-8-6-3;/h2H2,1H3,(H2,6,7,8,11);. The van der Waals surface area contributed by atoms with Crippen molar-refractivity contribution in [1.82, 2.24) is 15.4 Å². The van der Waals surface area contributed by atoms with Gasteiger partial charge in [-0.05, 0) is 0 Å². The maximum absolute atomic E-state index is 10.7. The number of H-pyrrole nitrogens is 2. The summed E-state index contributed by atoms with van der Waals surface area (Å²) >= 11 is 4.79. The van der Waals surface area contributed by atoms with Crippen LogP contribution in [0.15, 0.2) is 0 Å². The van der Waals surface area contributed by atoms with Gasteiger partial charge in [0.15, 0.2) is 0 Å². The number of carbonyl (C=O) groups excluding carboxylic acids is 1. The summed E-state index contributed by atoms with van der Waals surface area (Å²) < 4.78 is 4.87. The molecule has 0 aliphatic rings. The third kappa shape index (κ3) is 3.06. The number of rotatable bonds is 2. The number of ether oxygens (including phenoxy) is 1. The summed E-state index contributed by atoms with van der Waals surface area (Å²) in [6.07, 6.45) is 0.106. The Bertz CT molecular complexity index is 308. The van der Waals surface area contributed by atoms with E-state index < -0.39 is 0 Å². The minimum Gasteiger partial charge on any atom is -0.469 e. The largest absolute Gasteiger partial charge is 0.469 e. The number of aromatic nitrogens is 3. The average molecular weight is 196 g/mol. The molecular formula is C5H7N3NaO2S. The first-order valence-electron chi connectivity index (χ1n) is 2.92. The van der Waals surface area contributed by atoms with Crippen LogP contribution in [0, 0.1) is 4.64 Å². The molecule has 5 nitrogen and oxygen atoms in total. The predicted molar refractivity (Wildman–Crippen MR) is 45.2 cm³/mol. The summed E-state index contributed by atoms with van der Waals surface area (Å²) in [4.78, 5) is 10.7. The molecule has 0 saturated carbocycles. The van der Waals surface area contributed by atoms with Gasteiger partial charge in [-0.1, -0.05) is 12.2 Å².